The number of amides is 4. The predicted molar refractivity (Wildman–Crippen MR) is 119 cm³/mol. The maximum absolute atomic E-state index is 12.8. The molecule has 3 aromatic carbocycles. The van der Waals surface area contributed by atoms with Crippen LogP contribution in [0.2, 0.25) is 0 Å². The predicted octanol–water partition coefficient (Wildman–Crippen LogP) is 2.10. The molecule has 0 aromatic heterocycles. The Kier molecular flexibility index (Phi) is 6.45. The van der Waals surface area contributed by atoms with E-state index < -0.39 is 36.2 Å². The maximum Gasteiger partial charge on any atom is 0.338 e. The SMILES string of the molecule is O=C(COC(=O)c1ccc2c(c1)C(=O)N(Cc1ccccc1)C2=O)NNC(=O)c1ccccc1. The van der Waals surface area contributed by atoms with Gasteiger partial charge in [0.05, 0.1) is 23.2 Å². The molecule has 0 bridgehead atoms. The number of hydrogen-bond acceptors (Lipinski definition) is 6. The number of hydrazine groups is 1. The molecule has 170 valence electrons. The van der Waals surface area contributed by atoms with Crippen molar-refractivity contribution < 1.29 is 28.7 Å². The van der Waals surface area contributed by atoms with Crippen LogP contribution in [0.25, 0.3) is 0 Å². The molecule has 3 aromatic rings. The monoisotopic (exact) mass is 457 g/mol. The highest BCUT2D eigenvalue weighted by Gasteiger charge is 2.36. The Bertz CT molecular complexity index is 1270. The van der Waals surface area contributed by atoms with E-state index in [4.69, 9.17) is 4.74 Å². The molecule has 4 rings (SSSR count). The number of fused-ring (bicyclic) bond motifs is 1. The second-order valence-corrected chi connectivity index (χ2v) is 7.39. The maximum atomic E-state index is 12.8. The molecule has 34 heavy (non-hydrogen) atoms. The van der Waals surface area contributed by atoms with Gasteiger partial charge in [-0.3, -0.25) is 34.9 Å². The first-order valence-electron chi connectivity index (χ1n) is 10.3. The first kappa shape index (κ1) is 22.4. The summed E-state index contributed by atoms with van der Waals surface area (Å²) in [5.41, 5.74) is 5.81. The number of rotatable bonds is 6. The molecule has 0 radical (unpaired) electrons. The van der Waals surface area contributed by atoms with E-state index in [9.17, 15) is 24.0 Å². The van der Waals surface area contributed by atoms with Crippen LogP contribution in [0.15, 0.2) is 78.9 Å². The van der Waals surface area contributed by atoms with Crippen molar-refractivity contribution in [3.63, 3.8) is 0 Å². The van der Waals surface area contributed by atoms with E-state index in [2.05, 4.69) is 10.9 Å². The molecule has 1 heterocycles. The van der Waals surface area contributed by atoms with E-state index in [0.29, 0.717) is 5.56 Å². The van der Waals surface area contributed by atoms with Crippen LogP contribution in [0, 0.1) is 0 Å². The van der Waals surface area contributed by atoms with Crippen LogP contribution in [-0.2, 0) is 16.1 Å². The van der Waals surface area contributed by atoms with E-state index in [1.165, 1.54) is 18.2 Å². The third kappa shape index (κ3) is 4.83. The van der Waals surface area contributed by atoms with Crippen LogP contribution in [0.3, 0.4) is 0 Å². The molecule has 0 saturated heterocycles. The highest BCUT2D eigenvalue weighted by Crippen LogP contribution is 2.26. The third-order valence-corrected chi connectivity index (χ3v) is 5.08. The van der Waals surface area contributed by atoms with Gasteiger partial charge in [-0.05, 0) is 35.9 Å². The summed E-state index contributed by atoms with van der Waals surface area (Å²) in [5, 5.41) is 0. The molecule has 2 N–H and O–H groups in total. The molecule has 4 amide bonds. The first-order valence-corrected chi connectivity index (χ1v) is 10.3. The molecular weight excluding hydrogens is 438 g/mol. The normalized spacial score (nSPS) is 12.2. The molecule has 1 aliphatic rings. The highest BCUT2D eigenvalue weighted by atomic mass is 16.5. The summed E-state index contributed by atoms with van der Waals surface area (Å²) >= 11 is 0. The van der Waals surface area contributed by atoms with Crippen molar-refractivity contribution in [2.45, 2.75) is 6.54 Å². The van der Waals surface area contributed by atoms with E-state index in [-0.39, 0.29) is 23.2 Å². The largest absolute Gasteiger partial charge is 0.452 e. The Labute approximate surface area is 194 Å². The van der Waals surface area contributed by atoms with Crippen LogP contribution in [0.1, 0.15) is 47.0 Å². The summed E-state index contributed by atoms with van der Waals surface area (Å²) in [6.45, 7) is -0.542. The quantitative estimate of drug-likeness (QED) is 0.332. The van der Waals surface area contributed by atoms with Crippen molar-refractivity contribution in [3.8, 4) is 0 Å². The number of esters is 1. The molecule has 0 atom stereocenters. The Morgan fingerprint density at radius 1 is 0.735 bits per heavy atom. The van der Waals surface area contributed by atoms with Gasteiger partial charge >= 0.3 is 5.97 Å². The van der Waals surface area contributed by atoms with Crippen molar-refractivity contribution in [3.05, 3.63) is 107 Å². The lowest BCUT2D eigenvalue weighted by Gasteiger charge is -2.13. The summed E-state index contributed by atoms with van der Waals surface area (Å²) in [6, 6.07) is 21.3. The fourth-order valence-electron chi connectivity index (χ4n) is 3.37. The fourth-order valence-corrected chi connectivity index (χ4v) is 3.37. The zero-order valence-corrected chi connectivity index (χ0v) is 17.8. The molecule has 0 saturated carbocycles. The lowest BCUT2D eigenvalue weighted by atomic mass is 10.1. The number of carbonyl (C=O) groups is 5. The van der Waals surface area contributed by atoms with Gasteiger partial charge in [-0.2, -0.15) is 0 Å². The van der Waals surface area contributed by atoms with Crippen LogP contribution >= 0.6 is 0 Å². The zero-order chi connectivity index (χ0) is 24.1. The fraction of sp³-hybridized carbons (Fsp3) is 0.0800. The zero-order valence-electron chi connectivity index (χ0n) is 17.8. The molecule has 9 nitrogen and oxygen atoms in total. The van der Waals surface area contributed by atoms with E-state index in [0.717, 1.165) is 10.5 Å². The number of carbonyl (C=O) groups excluding carboxylic acids is 5. The lowest BCUT2D eigenvalue weighted by molar-refractivity contribution is -0.125. The van der Waals surface area contributed by atoms with Crippen LogP contribution in [0.5, 0.6) is 0 Å². The van der Waals surface area contributed by atoms with Gasteiger partial charge in [-0.15, -0.1) is 0 Å². The number of hydrogen-bond donors (Lipinski definition) is 2. The Hall–Kier alpha value is -4.79. The van der Waals surface area contributed by atoms with Crippen molar-refractivity contribution in [1.82, 2.24) is 15.8 Å². The number of nitrogens with zero attached hydrogens (tertiary/aromatic N) is 1. The minimum atomic E-state index is -0.853. The Balaban J connectivity index is 1.34. The van der Waals surface area contributed by atoms with Gasteiger partial charge in [-0.25, -0.2) is 4.79 Å². The minimum Gasteiger partial charge on any atom is -0.452 e. The van der Waals surface area contributed by atoms with Gasteiger partial charge in [0.15, 0.2) is 6.61 Å². The lowest BCUT2D eigenvalue weighted by Crippen LogP contribution is -2.43. The summed E-state index contributed by atoms with van der Waals surface area (Å²) in [5.74, 6) is -3.09. The number of benzene rings is 3. The van der Waals surface area contributed by atoms with Gasteiger partial charge in [0.2, 0.25) is 0 Å². The van der Waals surface area contributed by atoms with E-state index in [1.54, 1.807) is 42.5 Å². The standard InChI is InChI=1S/C25H19N3O6/c29-21(26-27-22(30)17-9-5-2-6-10-17)15-34-25(33)18-11-12-19-20(13-18)24(32)28(23(19)31)14-16-7-3-1-4-8-16/h1-13H,14-15H2,(H,26,29)(H,27,30). The smallest absolute Gasteiger partial charge is 0.338 e. The van der Waals surface area contributed by atoms with Crippen molar-refractivity contribution in [2.24, 2.45) is 0 Å². The van der Waals surface area contributed by atoms with Gasteiger partial charge in [0.25, 0.3) is 23.6 Å². The number of imide groups is 1. The average molecular weight is 457 g/mol. The molecule has 0 aliphatic carbocycles. The van der Waals surface area contributed by atoms with E-state index in [1.807, 2.05) is 18.2 Å². The van der Waals surface area contributed by atoms with Gasteiger partial charge < -0.3 is 4.74 Å². The summed E-state index contributed by atoms with van der Waals surface area (Å²) < 4.78 is 4.96. The van der Waals surface area contributed by atoms with Gasteiger partial charge in [-0.1, -0.05) is 48.5 Å². The second-order valence-electron chi connectivity index (χ2n) is 7.39. The molecule has 9 heteroatoms. The summed E-state index contributed by atoms with van der Waals surface area (Å²) in [6.07, 6.45) is 0. The summed E-state index contributed by atoms with van der Waals surface area (Å²) in [7, 11) is 0. The van der Waals surface area contributed by atoms with Gasteiger partial charge in [0.1, 0.15) is 0 Å². The molecule has 0 unspecified atom stereocenters. The van der Waals surface area contributed by atoms with Crippen molar-refractivity contribution in [2.75, 3.05) is 6.61 Å². The average Bonchev–Trinajstić information content (AvgIpc) is 3.11. The van der Waals surface area contributed by atoms with Crippen LogP contribution in [0.4, 0.5) is 0 Å². The van der Waals surface area contributed by atoms with Crippen LogP contribution < -0.4 is 10.9 Å². The number of nitrogens with one attached hydrogen (secondary N) is 2. The highest BCUT2D eigenvalue weighted by molar-refractivity contribution is 6.21. The minimum absolute atomic E-state index is 0.0163. The van der Waals surface area contributed by atoms with Crippen molar-refractivity contribution in [1.29, 1.82) is 0 Å². The molecule has 0 spiro atoms. The molecular formula is C25H19N3O6. The topological polar surface area (TPSA) is 122 Å². The third-order valence-electron chi connectivity index (χ3n) is 5.08. The first-order chi connectivity index (χ1) is 16.4. The summed E-state index contributed by atoms with van der Waals surface area (Å²) in [4.78, 5) is 62.7. The Morgan fingerprint density at radius 3 is 2.09 bits per heavy atom. The van der Waals surface area contributed by atoms with Crippen molar-refractivity contribution >= 4 is 29.6 Å². The Morgan fingerprint density at radius 2 is 1.38 bits per heavy atom. The second kappa shape index (κ2) is 9.78. The van der Waals surface area contributed by atoms with Crippen LogP contribution in [-0.4, -0.2) is 41.1 Å². The molecule has 1 aliphatic heterocycles. The number of ether oxygens (including phenoxy) is 1. The van der Waals surface area contributed by atoms with E-state index >= 15 is 0 Å². The van der Waals surface area contributed by atoms with Gasteiger partial charge in [0, 0.05) is 5.56 Å². The molecule has 0 fully saturated rings.